The van der Waals surface area contributed by atoms with Crippen LogP contribution in [0, 0.1) is 0 Å². The summed E-state index contributed by atoms with van der Waals surface area (Å²) in [6, 6.07) is 18.0. The van der Waals surface area contributed by atoms with Gasteiger partial charge in [0.25, 0.3) is 0 Å². The standard InChI is InChI=1S/C18H21NO2/c1-21-17-9-5-8-16(14-17)10-11-18(20)19-13-12-15-6-3-2-4-7-15/h2-9,14H,10-13H2,1H3,(H,19,20). The molecule has 2 aromatic rings. The number of nitrogens with one attached hydrogen (secondary N) is 1. The van der Waals surface area contributed by atoms with Gasteiger partial charge in [0, 0.05) is 13.0 Å². The molecule has 110 valence electrons. The quantitative estimate of drug-likeness (QED) is 0.848. The average molecular weight is 283 g/mol. The Morgan fingerprint density at radius 2 is 1.76 bits per heavy atom. The number of carbonyl (C=O) groups excluding carboxylic acids is 1. The summed E-state index contributed by atoms with van der Waals surface area (Å²) in [6.07, 6.45) is 2.10. The maximum absolute atomic E-state index is 11.8. The number of ether oxygens (including phenoxy) is 1. The minimum atomic E-state index is 0.0914. The molecular weight excluding hydrogens is 262 g/mol. The molecule has 0 spiro atoms. The van der Waals surface area contributed by atoms with Crippen LogP contribution in [-0.4, -0.2) is 19.6 Å². The van der Waals surface area contributed by atoms with E-state index in [1.54, 1.807) is 7.11 Å². The number of aryl methyl sites for hydroxylation is 1. The smallest absolute Gasteiger partial charge is 0.220 e. The number of amides is 1. The van der Waals surface area contributed by atoms with Gasteiger partial charge >= 0.3 is 0 Å². The van der Waals surface area contributed by atoms with Crippen molar-refractivity contribution in [3.05, 3.63) is 65.7 Å². The molecule has 0 aromatic heterocycles. The second kappa shape index (κ2) is 8.10. The van der Waals surface area contributed by atoms with E-state index < -0.39 is 0 Å². The number of rotatable bonds is 7. The maximum Gasteiger partial charge on any atom is 0.220 e. The number of benzene rings is 2. The van der Waals surface area contributed by atoms with Crippen LogP contribution in [0.2, 0.25) is 0 Å². The normalized spacial score (nSPS) is 10.1. The van der Waals surface area contributed by atoms with Crippen LogP contribution < -0.4 is 10.1 Å². The van der Waals surface area contributed by atoms with E-state index in [9.17, 15) is 4.79 Å². The van der Waals surface area contributed by atoms with Crippen LogP contribution in [-0.2, 0) is 17.6 Å². The second-order valence-corrected chi connectivity index (χ2v) is 4.94. The first-order chi connectivity index (χ1) is 10.3. The molecule has 0 heterocycles. The van der Waals surface area contributed by atoms with E-state index in [4.69, 9.17) is 4.74 Å². The Balaban J connectivity index is 1.70. The van der Waals surface area contributed by atoms with E-state index in [1.165, 1.54) is 5.56 Å². The Morgan fingerprint density at radius 1 is 1.00 bits per heavy atom. The van der Waals surface area contributed by atoms with Crippen LogP contribution in [0.15, 0.2) is 54.6 Å². The van der Waals surface area contributed by atoms with E-state index in [1.807, 2.05) is 42.5 Å². The molecule has 3 heteroatoms. The third-order valence-electron chi connectivity index (χ3n) is 3.35. The van der Waals surface area contributed by atoms with Crippen molar-refractivity contribution in [2.45, 2.75) is 19.3 Å². The van der Waals surface area contributed by atoms with Gasteiger partial charge in [-0.3, -0.25) is 4.79 Å². The topological polar surface area (TPSA) is 38.3 Å². The Bertz CT molecular complexity index is 566. The van der Waals surface area contributed by atoms with E-state index in [0.717, 1.165) is 24.2 Å². The fourth-order valence-corrected chi connectivity index (χ4v) is 2.17. The Kier molecular flexibility index (Phi) is 5.83. The van der Waals surface area contributed by atoms with Crippen molar-refractivity contribution in [3.8, 4) is 5.75 Å². The first kappa shape index (κ1) is 15.1. The molecule has 0 unspecified atom stereocenters. The molecular formula is C18H21NO2. The molecule has 2 aromatic carbocycles. The molecule has 0 saturated heterocycles. The summed E-state index contributed by atoms with van der Waals surface area (Å²) in [6.45, 7) is 0.682. The number of hydrogen-bond donors (Lipinski definition) is 1. The van der Waals surface area contributed by atoms with Gasteiger partial charge in [-0.25, -0.2) is 0 Å². The van der Waals surface area contributed by atoms with Crippen molar-refractivity contribution >= 4 is 5.91 Å². The van der Waals surface area contributed by atoms with Gasteiger partial charge in [0.05, 0.1) is 7.11 Å². The minimum absolute atomic E-state index is 0.0914. The lowest BCUT2D eigenvalue weighted by Gasteiger charge is -2.06. The average Bonchev–Trinajstić information content (AvgIpc) is 2.54. The van der Waals surface area contributed by atoms with Gasteiger partial charge in [-0.05, 0) is 36.1 Å². The van der Waals surface area contributed by atoms with Crippen molar-refractivity contribution in [1.29, 1.82) is 0 Å². The van der Waals surface area contributed by atoms with Crippen LogP contribution in [0.5, 0.6) is 5.75 Å². The van der Waals surface area contributed by atoms with E-state index in [-0.39, 0.29) is 5.91 Å². The highest BCUT2D eigenvalue weighted by Gasteiger charge is 2.03. The molecule has 21 heavy (non-hydrogen) atoms. The molecule has 0 aliphatic rings. The van der Waals surface area contributed by atoms with Crippen LogP contribution >= 0.6 is 0 Å². The third-order valence-corrected chi connectivity index (χ3v) is 3.35. The fraction of sp³-hybridized carbons (Fsp3) is 0.278. The zero-order valence-corrected chi connectivity index (χ0v) is 12.3. The zero-order chi connectivity index (χ0) is 14.9. The van der Waals surface area contributed by atoms with Crippen molar-refractivity contribution in [3.63, 3.8) is 0 Å². The number of hydrogen-bond acceptors (Lipinski definition) is 2. The zero-order valence-electron chi connectivity index (χ0n) is 12.3. The third kappa shape index (κ3) is 5.30. The first-order valence-electron chi connectivity index (χ1n) is 7.21. The van der Waals surface area contributed by atoms with Gasteiger partial charge in [-0.15, -0.1) is 0 Å². The van der Waals surface area contributed by atoms with Crippen molar-refractivity contribution in [2.75, 3.05) is 13.7 Å². The molecule has 0 saturated carbocycles. The van der Waals surface area contributed by atoms with Crippen LogP contribution in [0.25, 0.3) is 0 Å². The fourth-order valence-electron chi connectivity index (χ4n) is 2.17. The maximum atomic E-state index is 11.8. The molecule has 0 atom stereocenters. The summed E-state index contributed by atoms with van der Waals surface area (Å²) in [5.41, 5.74) is 2.36. The van der Waals surface area contributed by atoms with E-state index in [0.29, 0.717) is 13.0 Å². The van der Waals surface area contributed by atoms with Crippen molar-refractivity contribution < 1.29 is 9.53 Å². The molecule has 3 nitrogen and oxygen atoms in total. The van der Waals surface area contributed by atoms with Gasteiger partial charge in [0.2, 0.25) is 5.91 Å². The monoisotopic (exact) mass is 283 g/mol. The van der Waals surface area contributed by atoms with Crippen molar-refractivity contribution in [1.82, 2.24) is 5.32 Å². The molecule has 0 bridgehead atoms. The number of carbonyl (C=O) groups is 1. The van der Waals surface area contributed by atoms with Gasteiger partial charge in [0.1, 0.15) is 5.75 Å². The summed E-state index contributed by atoms with van der Waals surface area (Å²) in [4.78, 5) is 11.8. The SMILES string of the molecule is COc1cccc(CCC(=O)NCCc2ccccc2)c1. The highest BCUT2D eigenvalue weighted by molar-refractivity contribution is 5.76. The summed E-state index contributed by atoms with van der Waals surface area (Å²) in [5.74, 6) is 0.922. The Labute approximate surface area is 126 Å². The molecule has 2 rings (SSSR count). The van der Waals surface area contributed by atoms with Gasteiger partial charge in [-0.1, -0.05) is 42.5 Å². The predicted octanol–water partition coefficient (Wildman–Crippen LogP) is 2.99. The molecule has 1 amide bonds. The summed E-state index contributed by atoms with van der Waals surface area (Å²) >= 11 is 0. The summed E-state index contributed by atoms with van der Waals surface area (Å²) in [5, 5.41) is 2.96. The van der Waals surface area contributed by atoms with Gasteiger partial charge in [-0.2, -0.15) is 0 Å². The van der Waals surface area contributed by atoms with Crippen molar-refractivity contribution in [2.24, 2.45) is 0 Å². The van der Waals surface area contributed by atoms with E-state index >= 15 is 0 Å². The molecule has 0 aliphatic heterocycles. The lowest BCUT2D eigenvalue weighted by atomic mass is 10.1. The van der Waals surface area contributed by atoms with E-state index in [2.05, 4.69) is 17.4 Å². The van der Waals surface area contributed by atoms with Gasteiger partial charge < -0.3 is 10.1 Å². The van der Waals surface area contributed by atoms with Crippen LogP contribution in [0.4, 0.5) is 0 Å². The number of methoxy groups -OCH3 is 1. The molecule has 1 N–H and O–H groups in total. The van der Waals surface area contributed by atoms with Crippen LogP contribution in [0.3, 0.4) is 0 Å². The lowest BCUT2D eigenvalue weighted by Crippen LogP contribution is -2.25. The Morgan fingerprint density at radius 3 is 2.52 bits per heavy atom. The van der Waals surface area contributed by atoms with Crippen LogP contribution in [0.1, 0.15) is 17.5 Å². The minimum Gasteiger partial charge on any atom is -0.497 e. The first-order valence-corrected chi connectivity index (χ1v) is 7.21. The lowest BCUT2D eigenvalue weighted by molar-refractivity contribution is -0.121. The molecule has 0 aliphatic carbocycles. The second-order valence-electron chi connectivity index (χ2n) is 4.94. The Hall–Kier alpha value is -2.29. The highest BCUT2D eigenvalue weighted by Crippen LogP contribution is 2.13. The summed E-state index contributed by atoms with van der Waals surface area (Å²) < 4.78 is 5.17. The summed E-state index contributed by atoms with van der Waals surface area (Å²) in [7, 11) is 1.65. The predicted molar refractivity (Wildman–Crippen MR) is 84.5 cm³/mol. The largest absolute Gasteiger partial charge is 0.497 e. The molecule has 0 radical (unpaired) electrons. The van der Waals surface area contributed by atoms with Gasteiger partial charge in [0.15, 0.2) is 0 Å². The molecule has 0 fully saturated rings. The highest BCUT2D eigenvalue weighted by atomic mass is 16.5.